The lowest BCUT2D eigenvalue weighted by molar-refractivity contribution is -0.130. The Kier molecular flexibility index (Phi) is 5.53. The van der Waals surface area contributed by atoms with Crippen molar-refractivity contribution in [1.82, 2.24) is 5.32 Å². The van der Waals surface area contributed by atoms with Gasteiger partial charge in [0.1, 0.15) is 11.7 Å². The molecule has 1 saturated heterocycles. The summed E-state index contributed by atoms with van der Waals surface area (Å²) in [5.74, 6) is 1.08. The Balaban J connectivity index is 1.61. The molecule has 0 radical (unpaired) electrons. The molecular formula is C26H25N3O4S. The summed E-state index contributed by atoms with van der Waals surface area (Å²) in [6.45, 7) is 1.90. The van der Waals surface area contributed by atoms with Gasteiger partial charge in [-0.25, -0.2) is 0 Å². The highest BCUT2D eigenvalue weighted by Gasteiger charge is 2.59. The van der Waals surface area contributed by atoms with Gasteiger partial charge in [0, 0.05) is 16.9 Å². The molecule has 2 aliphatic rings. The van der Waals surface area contributed by atoms with Gasteiger partial charge < -0.3 is 24.8 Å². The van der Waals surface area contributed by atoms with E-state index in [1.807, 2.05) is 72.5 Å². The van der Waals surface area contributed by atoms with Gasteiger partial charge in [0.05, 0.1) is 20.3 Å². The van der Waals surface area contributed by atoms with Crippen LogP contribution in [0, 0.1) is 5.92 Å². The van der Waals surface area contributed by atoms with Crippen LogP contribution in [0.1, 0.15) is 18.5 Å². The number of amides is 1. The molecule has 3 aromatic rings. The van der Waals surface area contributed by atoms with Crippen LogP contribution in [0.5, 0.6) is 17.2 Å². The van der Waals surface area contributed by atoms with E-state index in [2.05, 4.69) is 10.6 Å². The van der Waals surface area contributed by atoms with Crippen molar-refractivity contribution in [2.24, 2.45) is 5.92 Å². The van der Waals surface area contributed by atoms with E-state index in [9.17, 15) is 4.79 Å². The summed E-state index contributed by atoms with van der Waals surface area (Å²) in [4.78, 5) is 15.7. The third-order valence-corrected chi connectivity index (χ3v) is 6.66. The summed E-state index contributed by atoms with van der Waals surface area (Å²) in [5.41, 5.74) is 1.19. The minimum atomic E-state index is -1.12. The van der Waals surface area contributed by atoms with E-state index in [0.29, 0.717) is 28.0 Å². The quantitative estimate of drug-likeness (QED) is 0.527. The highest BCUT2D eigenvalue weighted by atomic mass is 32.1. The van der Waals surface area contributed by atoms with Crippen LogP contribution in [0.2, 0.25) is 0 Å². The van der Waals surface area contributed by atoms with Gasteiger partial charge in [-0.15, -0.1) is 0 Å². The van der Waals surface area contributed by atoms with Gasteiger partial charge in [-0.1, -0.05) is 30.3 Å². The summed E-state index contributed by atoms with van der Waals surface area (Å²) in [6, 6.07) is 22.2. The number of carbonyl (C=O) groups is 1. The van der Waals surface area contributed by atoms with Crippen molar-refractivity contribution in [3.63, 3.8) is 0 Å². The predicted molar refractivity (Wildman–Crippen MR) is 135 cm³/mol. The second kappa shape index (κ2) is 8.53. The molecule has 0 aliphatic carbocycles. The Bertz CT molecular complexity index is 1230. The number of para-hydroxylation sites is 2. The van der Waals surface area contributed by atoms with E-state index >= 15 is 0 Å². The number of methoxy groups -OCH3 is 2. The molecule has 1 amide bonds. The smallest absolute Gasteiger partial charge is 0.236 e. The maximum Gasteiger partial charge on any atom is 0.236 e. The topological polar surface area (TPSA) is 72.1 Å². The highest BCUT2D eigenvalue weighted by Crippen LogP contribution is 2.52. The number of nitrogens with zero attached hydrogens (tertiary/aromatic N) is 1. The molecular weight excluding hydrogens is 450 g/mol. The number of carbonyl (C=O) groups excluding carboxylic acids is 1. The van der Waals surface area contributed by atoms with E-state index < -0.39 is 17.7 Å². The largest absolute Gasteiger partial charge is 0.497 e. The van der Waals surface area contributed by atoms with Crippen molar-refractivity contribution < 1.29 is 19.0 Å². The molecule has 5 rings (SSSR count). The average Bonchev–Trinajstić information content (AvgIpc) is 2.84. The third-order valence-electron chi connectivity index (χ3n) is 6.36. The summed E-state index contributed by atoms with van der Waals surface area (Å²) in [5, 5.41) is 6.94. The van der Waals surface area contributed by atoms with Crippen molar-refractivity contribution in [2.75, 3.05) is 24.4 Å². The summed E-state index contributed by atoms with van der Waals surface area (Å²) in [7, 11) is 3.21. The van der Waals surface area contributed by atoms with E-state index in [1.165, 1.54) is 0 Å². The molecule has 174 valence electrons. The fraction of sp³-hybridized carbons (Fsp3) is 0.231. The van der Waals surface area contributed by atoms with E-state index in [0.717, 1.165) is 11.3 Å². The first-order valence-electron chi connectivity index (χ1n) is 10.9. The Labute approximate surface area is 203 Å². The van der Waals surface area contributed by atoms with E-state index in [-0.39, 0.29) is 5.91 Å². The molecule has 0 unspecified atom stereocenters. The number of hydrogen-bond acceptors (Lipinski definition) is 5. The zero-order valence-electron chi connectivity index (χ0n) is 19.1. The predicted octanol–water partition coefficient (Wildman–Crippen LogP) is 4.50. The van der Waals surface area contributed by atoms with Crippen molar-refractivity contribution in [3.05, 3.63) is 78.4 Å². The Hall–Kier alpha value is -3.78. The fourth-order valence-electron chi connectivity index (χ4n) is 4.79. The zero-order chi connectivity index (χ0) is 23.9. The molecule has 2 heterocycles. The van der Waals surface area contributed by atoms with Crippen molar-refractivity contribution in [1.29, 1.82) is 0 Å². The zero-order valence-corrected chi connectivity index (χ0v) is 19.9. The summed E-state index contributed by atoms with van der Waals surface area (Å²) < 4.78 is 17.5. The molecule has 0 spiro atoms. The van der Waals surface area contributed by atoms with Crippen LogP contribution >= 0.6 is 12.2 Å². The molecule has 8 heteroatoms. The van der Waals surface area contributed by atoms with Gasteiger partial charge in [-0.05, 0) is 61.6 Å². The van der Waals surface area contributed by atoms with Crippen LogP contribution in [-0.4, -0.2) is 31.0 Å². The number of thiocarbonyl (C=S) groups is 1. The lowest BCUT2D eigenvalue weighted by Crippen LogP contribution is -2.72. The summed E-state index contributed by atoms with van der Waals surface area (Å²) >= 11 is 5.78. The van der Waals surface area contributed by atoms with Crippen LogP contribution in [0.3, 0.4) is 0 Å². The number of anilines is 2. The van der Waals surface area contributed by atoms with Crippen LogP contribution in [0.25, 0.3) is 0 Å². The molecule has 0 saturated carbocycles. The van der Waals surface area contributed by atoms with Gasteiger partial charge in [0.25, 0.3) is 0 Å². The Morgan fingerprint density at radius 3 is 2.44 bits per heavy atom. The van der Waals surface area contributed by atoms with Gasteiger partial charge in [0.15, 0.2) is 22.3 Å². The maximum atomic E-state index is 13.8. The van der Waals surface area contributed by atoms with Crippen molar-refractivity contribution in [3.8, 4) is 17.2 Å². The van der Waals surface area contributed by atoms with Crippen molar-refractivity contribution >= 4 is 34.6 Å². The maximum absolute atomic E-state index is 13.8. The molecule has 2 aliphatic heterocycles. The first-order chi connectivity index (χ1) is 16.5. The summed E-state index contributed by atoms with van der Waals surface area (Å²) in [6.07, 6.45) is 0. The first-order valence-corrected chi connectivity index (χ1v) is 11.3. The van der Waals surface area contributed by atoms with Gasteiger partial charge in [-0.3, -0.25) is 9.69 Å². The van der Waals surface area contributed by atoms with Gasteiger partial charge in [-0.2, -0.15) is 0 Å². The third kappa shape index (κ3) is 3.51. The fourth-order valence-corrected chi connectivity index (χ4v) is 5.20. The number of fused-ring (bicyclic) bond motifs is 4. The van der Waals surface area contributed by atoms with Gasteiger partial charge in [0.2, 0.25) is 5.91 Å². The second-order valence-corrected chi connectivity index (χ2v) is 8.72. The van der Waals surface area contributed by atoms with Gasteiger partial charge >= 0.3 is 0 Å². The van der Waals surface area contributed by atoms with E-state index in [4.69, 9.17) is 26.4 Å². The molecule has 1 fully saturated rings. The molecule has 3 aromatic carbocycles. The van der Waals surface area contributed by atoms with E-state index in [1.54, 1.807) is 26.4 Å². The van der Waals surface area contributed by atoms with Crippen LogP contribution < -0.4 is 29.7 Å². The standard InChI is InChI=1S/C26H25N3O4S/c1-26-21(24(30)27-16-12-14-18(31-2)15-13-16)22(19-10-7-11-20(32-3)23(19)33-26)28-25(34)29(26)17-8-5-4-6-9-17/h4-15,21-22H,1-3H3,(H,27,30)(H,28,34)/t21-,22+,26-/m0/s1. The molecule has 2 bridgehead atoms. The number of ether oxygens (including phenoxy) is 3. The Morgan fingerprint density at radius 1 is 1.03 bits per heavy atom. The number of nitrogens with one attached hydrogen (secondary N) is 2. The second-order valence-electron chi connectivity index (χ2n) is 8.33. The highest BCUT2D eigenvalue weighted by molar-refractivity contribution is 7.80. The number of hydrogen-bond donors (Lipinski definition) is 2. The van der Waals surface area contributed by atoms with Crippen molar-refractivity contribution in [2.45, 2.75) is 18.7 Å². The first kappa shape index (κ1) is 22.0. The minimum absolute atomic E-state index is 0.193. The van der Waals surface area contributed by atoms with Crippen LogP contribution in [0.15, 0.2) is 72.8 Å². The number of benzene rings is 3. The average molecular weight is 476 g/mol. The SMILES string of the molecule is COc1ccc(NC(=O)[C@@H]2[C@@H]3NC(=S)N(c4ccccc4)[C@@]2(C)Oc2c(OC)cccc23)cc1. The molecule has 3 atom stereocenters. The lowest BCUT2D eigenvalue weighted by atomic mass is 9.78. The monoisotopic (exact) mass is 475 g/mol. The number of rotatable bonds is 5. The molecule has 34 heavy (non-hydrogen) atoms. The minimum Gasteiger partial charge on any atom is -0.497 e. The Morgan fingerprint density at radius 2 is 1.76 bits per heavy atom. The van der Waals surface area contributed by atoms with Crippen LogP contribution in [0.4, 0.5) is 11.4 Å². The molecule has 7 nitrogen and oxygen atoms in total. The molecule has 0 aromatic heterocycles. The molecule has 2 N–H and O–H groups in total. The van der Waals surface area contributed by atoms with Crippen LogP contribution in [-0.2, 0) is 4.79 Å². The lowest BCUT2D eigenvalue weighted by Gasteiger charge is -2.56. The normalized spacial score (nSPS) is 22.7.